The van der Waals surface area contributed by atoms with Crippen molar-refractivity contribution in [2.45, 2.75) is 18.8 Å². The highest BCUT2D eigenvalue weighted by Gasteiger charge is 2.21. The monoisotopic (exact) mass is 243 g/mol. The summed E-state index contributed by atoms with van der Waals surface area (Å²) in [5.74, 6) is 0.461. The summed E-state index contributed by atoms with van der Waals surface area (Å²) in [7, 11) is 1.92. The number of aromatic nitrogens is 4. The van der Waals surface area contributed by atoms with Crippen molar-refractivity contribution in [2.24, 2.45) is 7.05 Å². The fourth-order valence-corrected chi connectivity index (χ4v) is 2.50. The third kappa shape index (κ3) is 2.13. The summed E-state index contributed by atoms with van der Waals surface area (Å²) in [6.07, 6.45) is 9.76. The maximum Gasteiger partial charge on any atom is 0.0952 e. The first-order chi connectivity index (χ1) is 8.84. The summed E-state index contributed by atoms with van der Waals surface area (Å²) in [5, 5.41) is 7.64. The minimum absolute atomic E-state index is 0.461. The zero-order chi connectivity index (χ0) is 12.4. The molecule has 3 rings (SSSR count). The molecule has 5 nitrogen and oxygen atoms in total. The molecule has 0 amide bonds. The van der Waals surface area contributed by atoms with Crippen LogP contribution in [0.25, 0.3) is 11.3 Å². The molecule has 1 fully saturated rings. The average Bonchev–Trinajstić information content (AvgIpc) is 2.86. The van der Waals surface area contributed by atoms with E-state index < -0.39 is 0 Å². The normalized spacial score (nSPS) is 19.9. The Balaban J connectivity index is 1.99. The summed E-state index contributed by atoms with van der Waals surface area (Å²) in [4.78, 5) is 9.04. The zero-order valence-electron chi connectivity index (χ0n) is 10.5. The molecule has 1 aliphatic rings. The lowest BCUT2D eigenvalue weighted by Gasteiger charge is -2.23. The molecule has 2 aromatic rings. The molecule has 2 aromatic heterocycles. The first-order valence-corrected chi connectivity index (χ1v) is 6.35. The fourth-order valence-electron chi connectivity index (χ4n) is 2.50. The van der Waals surface area contributed by atoms with Crippen LogP contribution in [0.2, 0.25) is 0 Å². The zero-order valence-corrected chi connectivity index (χ0v) is 10.5. The Kier molecular flexibility index (Phi) is 3.06. The minimum atomic E-state index is 0.461. The Bertz CT molecular complexity index is 528. The Morgan fingerprint density at radius 3 is 2.94 bits per heavy atom. The van der Waals surface area contributed by atoms with Crippen LogP contribution in [-0.4, -0.2) is 32.8 Å². The predicted octanol–water partition coefficient (Wildman–Crippen LogP) is 1.34. The molecule has 0 bridgehead atoms. The second-order valence-electron chi connectivity index (χ2n) is 4.74. The molecule has 0 spiro atoms. The van der Waals surface area contributed by atoms with Crippen molar-refractivity contribution in [2.75, 3.05) is 13.1 Å². The van der Waals surface area contributed by atoms with Crippen LogP contribution < -0.4 is 5.32 Å². The highest BCUT2D eigenvalue weighted by atomic mass is 15.2. The molecule has 1 unspecified atom stereocenters. The topological polar surface area (TPSA) is 55.6 Å². The van der Waals surface area contributed by atoms with Gasteiger partial charge in [-0.15, -0.1) is 0 Å². The Hall–Kier alpha value is -1.75. The number of hydrogen-bond donors (Lipinski definition) is 1. The molecule has 1 N–H and O–H groups in total. The molecular formula is C13H17N5. The Labute approximate surface area is 106 Å². The van der Waals surface area contributed by atoms with Gasteiger partial charge in [0.05, 0.1) is 17.6 Å². The van der Waals surface area contributed by atoms with Crippen LogP contribution in [0.15, 0.2) is 24.8 Å². The molecule has 5 heteroatoms. The van der Waals surface area contributed by atoms with E-state index in [2.05, 4.69) is 20.4 Å². The average molecular weight is 243 g/mol. The van der Waals surface area contributed by atoms with Gasteiger partial charge in [0, 0.05) is 43.7 Å². The Morgan fingerprint density at radius 1 is 1.33 bits per heavy atom. The molecule has 0 aliphatic carbocycles. The van der Waals surface area contributed by atoms with Gasteiger partial charge >= 0.3 is 0 Å². The van der Waals surface area contributed by atoms with E-state index in [-0.39, 0.29) is 0 Å². The smallest absolute Gasteiger partial charge is 0.0952 e. The van der Waals surface area contributed by atoms with Crippen molar-refractivity contribution >= 4 is 0 Å². The van der Waals surface area contributed by atoms with Gasteiger partial charge in [0.1, 0.15) is 0 Å². The van der Waals surface area contributed by atoms with Crippen molar-refractivity contribution in [3.05, 3.63) is 30.5 Å². The van der Waals surface area contributed by atoms with E-state index in [0.29, 0.717) is 5.92 Å². The maximum atomic E-state index is 4.55. The highest BCUT2D eigenvalue weighted by molar-refractivity contribution is 5.60. The van der Waals surface area contributed by atoms with Gasteiger partial charge < -0.3 is 5.32 Å². The molecule has 1 saturated heterocycles. The van der Waals surface area contributed by atoms with Crippen molar-refractivity contribution < 1.29 is 0 Å². The lowest BCUT2D eigenvalue weighted by Crippen LogP contribution is -2.29. The molecule has 1 atom stereocenters. The summed E-state index contributed by atoms with van der Waals surface area (Å²) >= 11 is 0. The lowest BCUT2D eigenvalue weighted by molar-refractivity contribution is 0.454. The number of piperidine rings is 1. The summed E-state index contributed by atoms with van der Waals surface area (Å²) in [6.45, 7) is 2.10. The SMILES string of the molecule is Cn1cc(-c2nccnc2C2CCCNC2)cn1. The van der Waals surface area contributed by atoms with Crippen LogP contribution in [0.5, 0.6) is 0 Å². The van der Waals surface area contributed by atoms with E-state index in [1.807, 2.05) is 19.4 Å². The van der Waals surface area contributed by atoms with Crippen LogP contribution in [-0.2, 0) is 7.05 Å². The van der Waals surface area contributed by atoms with Gasteiger partial charge in [-0.3, -0.25) is 14.6 Å². The van der Waals surface area contributed by atoms with E-state index in [1.165, 1.54) is 12.8 Å². The van der Waals surface area contributed by atoms with E-state index in [4.69, 9.17) is 0 Å². The van der Waals surface area contributed by atoms with Crippen molar-refractivity contribution in [1.29, 1.82) is 0 Å². The van der Waals surface area contributed by atoms with Gasteiger partial charge in [0.25, 0.3) is 0 Å². The minimum Gasteiger partial charge on any atom is -0.316 e. The number of rotatable bonds is 2. The number of aryl methyl sites for hydroxylation is 1. The number of hydrogen-bond acceptors (Lipinski definition) is 4. The quantitative estimate of drug-likeness (QED) is 0.865. The van der Waals surface area contributed by atoms with E-state index in [1.54, 1.807) is 17.1 Å². The second-order valence-corrected chi connectivity index (χ2v) is 4.74. The largest absolute Gasteiger partial charge is 0.316 e. The van der Waals surface area contributed by atoms with Gasteiger partial charge in [-0.25, -0.2) is 0 Å². The highest BCUT2D eigenvalue weighted by Crippen LogP contribution is 2.28. The van der Waals surface area contributed by atoms with E-state index in [0.717, 1.165) is 30.0 Å². The van der Waals surface area contributed by atoms with Crippen molar-refractivity contribution in [3.63, 3.8) is 0 Å². The second kappa shape index (κ2) is 4.86. The van der Waals surface area contributed by atoms with Crippen molar-refractivity contribution in [3.8, 4) is 11.3 Å². The molecule has 0 saturated carbocycles. The third-order valence-electron chi connectivity index (χ3n) is 3.39. The molecule has 18 heavy (non-hydrogen) atoms. The third-order valence-corrected chi connectivity index (χ3v) is 3.39. The Morgan fingerprint density at radius 2 is 2.22 bits per heavy atom. The predicted molar refractivity (Wildman–Crippen MR) is 69.1 cm³/mol. The van der Waals surface area contributed by atoms with Crippen LogP contribution in [0.3, 0.4) is 0 Å². The molecule has 3 heterocycles. The van der Waals surface area contributed by atoms with Gasteiger partial charge in [0.2, 0.25) is 0 Å². The van der Waals surface area contributed by atoms with E-state index in [9.17, 15) is 0 Å². The first kappa shape index (κ1) is 11.3. The van der Waals surface area contributed by atoms with Gasteiger partial charge in [-0.2, -0.15) is 5.10 Å². The molecular weight excluding hydrogens is 226 g/mol. The fraction of sp³-hybridized carbons (Fsp3) is 0.462. The van der Waals surface area contributed by atoms with Crippen LogP contribution in [0.1, 0.15) is 24.5 Å². The summed E-state index contributed by atoms with van der Waals surface area (Å²) in [5.41, 5.74) is 3.11. The van der Waals surface area contributed by atoms with E-state index >= 15 is 0 Å². The summed E-state index contributed by atoms with van der Waals surface area (Å²) < 4.78 is 1.80. The van der Waals surface area contributed by atoms with Crippen LogP contribution in [0.4, 0.5) is 0 Å². The molecule has 94 valence electrons. The summed E-state index contributed by atoms with van der Waals surface area (Å²) in [6, 6.07) is 0. The van der Waals surface area contributed by atoms with Crippen LogP contribution >= 0.6 is 0 Å². The van der Waals surface area contributed by atoms with Crippen molar-refractivity contribution in [1.82, 2.24) is 25.1 Å². The van der Waals surface area contributed by atoms with Crippen LogP contribution in [0, 0.1) is 0 Å². The lowest BCUT2D eigenvalue weighted by atomic mass is 9.93. The van der Waals surface area contributed by atoms with Gasteiger partial charge in [0.15, 0.2) is 0 Å². The maximum absolute atomic E-state index is 4.55. The first-order valence-electron chi connectivity index (χ1n) is 6.35. The molecule has 0 aromatic carbocycles. The molecule has 1 aliphatic heterocycles. The molecule has 0 radical (unpaired) electrons. The van der Waals surface area contributed by atoms with Gasteiger partial charge in [-0.1, -0.05) is 0 Å². The number of nitrogens with zero attached hydrogens (tertiary/aromatic N) is 4. The standard InChI is InChI=1S/C13H17N5/c1-18-9-11(8-17-18)13-12(15-5-6-16-13)10-3-2-4-14-7-10/h5-6,8-10,14H,2-4,7H2,1H3. The number of nitrogens with one attached hydrogen (secondary N) is 1. The van der Waals surface area contributed by atoms with Gasteiger partial charge in [-0.05, 0) is 19.4 Å².